The van der Waals surface area contributed by atoms with Gasteiger partial charge in [-0.15, -0.1) is 0 Å². The quantitative estimate of drug-likeness (QED) is 0.155. The number of benzene rings is 2. The first-order valence-corrected chi connectivity index (χ1v) is 27.5. The van der Waals surface area contributed by atoms with Crippen molar-refractivity contribution in [3.05, 3.63) is 98.7 Å². The molecule has 0 saturated carbocycles. The number of aromatic amines is 1. The fourth-order valence-corrected chi connectivity index (χ4v) is 9.49. The molecule has 4 rings (SSSR count). The zero-order valence-corrected chi connectivity index (χ0v) is 37.7. The smallest absolute Gasteiger partial charge is 0.328 e. The number of H-pyrrole nitrogens is 1. The Kier molecular flexibility index (Phi) is 12.3. The molecule has 0 bridgehead atoms. The normalized spacial score (nSPS) is 21.0. The van der Waals surface area contributed by atoms with E-state index >= 15 is 0 Å². The number of hydrogen-bond acceptors (Lipinski definition) is 6. The molecule has 1 aliphatic heterocycles. The minimum absolute atomic E-state index is 0.0157. The summed E-state index contributed by atoms with van der Waals surface area (Å²) in [7, 11) is -6.94. The van der Waals surface area contributed by atoms with E-state index in [1.165, 1.54) is 0 Å². The molecule has 7 nitrogen and oxygen atoms in total. The zero-order valence-electron chi connectivity index (χ0n) is 33.8. The molecule has 1 aromatic heterocycles. The molecule has 1 N–H and O–H groups in total. The van der Waals surface area contributed by atoms with E-state index in [9.17, 15) is 4.79 Å². The minimum atomic E-state index is -2.42. The second-order valence-corrected chi connectivity index (χ2v) is 33.6. The Morgan fingerprint density at radius 3 is 1.59 bits per heavy atom. The van der Waals surface area contributed by atoms with Crippen LogP contribution in [-0.2, 0) is 18.0 Å². The fourth-order valence-electron chi connectivity index (χ4n) is 5.61. The monoisotopic (exact) mass is 768 g/mol. The number of ether oxygens (including phenoxy) is 1. The van der Waals surface area contributed by atoms with Crippen molar-refractivity contribution in [1.82, 2.24) is 9.55 Å². The molecule has 0 amide bonds. The summed E-state index contributed by atoms with van der Waals surface area (Å²) < 4.78 is 30.7. The maximum atomic E-state index is 14.1. The lowest BCUT2D eigenvalue weighted by Crippen LogP contribution is -2.54. The standard InChI is InChI=1S/C40H64N2O5SSi3/c1-38(2,3)49(10,11)44-27-31-33(46-50(12,13)39(4,5)6)34(47-51(14,15)40(7,8)9)36(45-31)42-26-30(35(48)41-37(42)43)32(28-22-18-16-19-23-28)29-24-20-17-21-25-29/h16-26,31-34,36H,27H2,1-15H3,(H,41,43,48)/t31-,33-,34-,36-/m1/s1. The predicted octanol–water partition coefficient (Wildman–Crippen LogP) is 10.8. The van der Waals surface area contributed by atoms with Gasteiger partial charge in [-0.25, -0.2) is 4.79 Å². The molecule has 282 valence electrons. The largest absolute Gasteiger partial charge is 0.414 e. The van der Waals surface area contributed by atoms with Crippen LogP contribution in [0.15, 0.2) is 71.7 Å². The number of hydrogen-bond donors (Lipinski definition) is 1. The zero-order chi connectivity index (χ0) is 38.4. The van der Waals surface area contributed by atoms with Gasteiger partial charge in [-0.1, -0.05) is 135 Å². The summed E-state index contributed by atoms with van der Waals surface area (Å²) in [6.45, 7) is 34.1. The molecular weight excluding hydrogens is 705 g/mol. The van der Waals surface area contributed by atoms with Gasteiger partial charge in [0.2, 0.25) is 0 Å². The van der Waals surface area contributed by atoms with Gasteiger partial charge in [0.25, 0.3) is 0 Å². The van der Waals surface area contributed by atoms with Crippen molar-refractivity contribution in [2.45, 2.75) is 147 Å². The molecule has 0 spiro atoms. The molecule has 3 aromatic rings. The number of nitrogens with one attached hydrogen (secondary N) is 1. The van der Waals surface area contributed by atoms with Gasteiger partial charge in [-0.3, -0.25) is 9.55 Å². The molecule has 51 heavy (non-hydrogen) atoms. The van der Waals surface area contributed by atoms with Gasteiger partial charge in [0.05, 0.1) is 6.61 Å². The number of aromatic nitrogens is 2. The first kappa shape index (κ1) is 41.8. The van der Waals surface area contributed by atoms with Crippen LogP contribution in [0.5, 0.6) is 0 Å². The third-order valence-electron chi connectivity index (χ3n) is 12.0. The molecule has 1 aliphatic rings. The van der Waals surface area contributed by atoms with Crippen molar-refractivity contribution in [2.75, 3.05) is 6.61 Å². The lowest BCUT2D eigenvalue weighted by Gasteiger charge is -2.44. The first-order chi connectivity index (χ1) is 23.3. The molecule has 0 radical (unpaired) electrons. The number of rotatable bonds is 11. The van der Waals surface area contributed by atoms with Crippen molar-refractivity contribution >= 4 is 37.2 Å². The van der Waals surface area contributed by atoms with Crippen LogP contribution in [0.3, 0.4) is 0 Å². The second-order valence-electron chi connectivity index (χ2n) is 18.8. The average Bonchev–Trinajstić information content (AvgIpc) is 3.31. The highest BCUT2D eigenvalue weighted by Crippen LogP contribution is 2.46. The molecule has 1 fully saturated rings. The van der Waals surface area contributed by atoms with Crippen LogP contribution in [0.25, 0.3) is 0 Å². The summed E-state index contributed by atoms with van der Waals surface area (Å²) in [6, 6.07) is 20.6. The van der Waals surface area contributed by atoms with Crippen molar-refractivity contribution in [2.24, 2.45) is 0 Å². The van der Waals surface area contributed by atoms with E-state index < -0.39 is 49.5 Å². The third kappa shape index (κ3) is 9.23. The Bertz CT molecular complexity index is 1700. The third-order valence-corrected chi connectivity index (χ3v) is 25.8. The van der Waals surface area contributed by atoms with Crippen LogP contribution in [-0.4, -0.2) is 59.4 Å². The Labute approximate surface area is 315 Å². The Morgan fingerprint density at radius 1 is 0.725 bits per heavy atom. The lowest BCUT2D eigenvalue weighted by molar-refractivity contribution is -0.0511. The van der Waals surface area contributed by atoms with Crippen LogP contribution < -0.4 is 5.69 Å². The van der Waals surface area contributed by atoms with Crippen LogP contribution in [0.4, 0.5) is 0 Å². The van der Waals surface area contributed by atoms with Gasteiger partial charge < -0.3 is 18.0 Å². The lowest BCUT2D eigenvalue weighted by atomic mass is 9.86. The van der Waals surface area contributed by atoms with E-state index in [4.69, 9.17) is 30.2 Å². The summed E-state index contributed by atoms with van der Waals surface area (Å²) in [5.41, 5.74) is 2.64. The maximum absolute atomic E-state index is 14.1. The highest BCUT2D eigenvalue weighted by Gasteiger charge is 2.55. The van der Waals surface area contributed by atoms with E-state index in [1.807, 2.05) is 42.6 Å². The van der Waals surface area contributed by atoms with Gasteiger partial charge >= 0.3 is 5.69 Å². The van der Waals surface area contributed by atoms with Gasteiger partial charge in [0.1, 0.15) is 23.0 Å². The highest BCUT2D eigenvalue weighted by atomic mass is 32.1. The van der Waals surface area contributed by atoms with Crippen molar-refractivity contribution < 1.29 is 18.0 Å². The van der Waals surface area contributed by atoms with Crippen LogP contribution in [0, 0.1) is 4.64 Å². The van der Waals surface area contributed by atoms with Crippen molar-refractivity contribution in [1.29, 1.82) is 0 Å². The summed E-state index contributed by atoms with van der Waals surface area (Å²) in [5.74, 6) is -0.207. The van der Waals surface area contributed by atoms with Crippen molar-refractivity contribution in [3.8, 4) is 0 Å². The number of nitrogens with zero attached hydrogens (tertiary/aromatic N) is 1. The predicted molar refractivity (Wildman–Crippen MR) is 221 cm³/mol. The Hall–Kier alpha value is -1.97. The average molecular weight is 769 g/mol. The SMILES string of the molecule is CC(C)(C)[Si](C)(C)OC[C@H]1O[C@@H](n2cc(C(c3ccccc3)c3ccccc3)c(=S)[nH]c2=O)[C@H](O[Si](C)(C)C(C)(C)C)[C@@H]1O[Si](C)(C)C(C)(C)C. The molecule has 4 atom stereocenters. The maximum Gasteiger partial charge on any atom is 0.328 e. The summed E-state index contributed by atoms with van der Waals surface area (Å²) in [4.78, 5) is 17.2. The van der Waals surface area contributed by atoms with E-state index in [-0.39, 0.29) is 26.7 Å². The van der Waals surface area contributed by atoms with E-state index in [1.54, 1.807) is 4.57 Å². The van der Waals surface area contributed by atoms with Gasteiger partial charge in [0.15, 0.2) is 31.2 Å². The molecule has 11 heteroatoms. The van der Waals surface area contributed by atoms with Crippen molar-refractivity contribution in [3.63, 3.8) is 0 Å². The Balaban J connectivity index is 1.94. The minimum Gasteiger partial charge on any atom is -0.414 e. The highest BCUT2D eigenvalue weighted by molar-refractivity contribution is 7.71. The fraction of sp³-hybridized carbons (Fsp3) is 0.600. The second kappa shape index (κ2) is 15.0. The summed E-state index contributed by atoms with van der Waals surface area (Å²) in [5, 5.41) is -0.132. The molecule has 0 aliphatic carbocycles. The van der Waals surface area contributed by atoms with Crippen LogP contribution in [0.2, 0.25) is 54.4 Å². The summed E-state index contributed by atoms with van der Waals surface area (Å²) >= 11 is 5.92. The Morgan fingerprint density at radius 2 is 1.16 bits per heavy atom. The molecule has 0 unspecified atom stereocenters. The molecule has 2 heterocycles. The van der Waals surface area contributed by atoms with E-state index in [2.05, 4.69) is 131 Å². The molecular formula is C40H64N2O5SSi3. The first-order valence-electron chi connectivity index (χ1n) is 18.4. The van der Waals surface area contributed by atoms with Gasteiger partial charge in [-0.2, -0.15) is 0 Å². The van der Waals surface area contributed by atoms with Crippen LogP contribution in [0.1, 0.15) is 91.1 Å². The molecule has 2 aromatic carbocycles. The van der Waals surface area contributed by atoms with Gasteiger partial charge in [-0.05, 0) is 65.5 Å². The van der Waals surface area contributed by atoms with E-state index in [0.717, 1.165) is 16.7 Å². The topological polar surface area (TPSA) is 74.7 Å². The molecule has 1 saturated heterocycles. The summed E-state index contributed by atoms with van der Waals surface area (Å²) in [6.07, 6.45) is -0.334. The van der Waals surface area contributed by atoms with Gasteiger partial charge in [0, 0.05) is 17.7 Å². The van der Waals surface area contributed by atoms with Crippen LogP contribution >= 0.6 is 12.2 Å². The van der Waals surface area contributed by atoms with E-state index in [0.29, 0.717) is 11.2 Å².